The van der Waals surface area contributed by atoms with Crippen molar-refractivity contribution in [1.82, 2.24) is 0 Å². The van der Waals surface area contributed by atoms with E-state index in [4.69, 9.17) is 33.4 Å². The van der Waals surface area contributed by atoms with Gasteiger partial charge in [-0.2, -0.15) is 0 Å². The summed E-state index contributed by atoms with van der Waals surface area (Å²) < 4.78 is 41.7. The average Bonchev–Trinajstić information content (AvgIpc) is 3.42. The molecule has 0 aliphatic rings. The van der Waals surface area contributed by atoms with E-state index in [0.717, 1.165) is 49.7 Å². The zero-order valence-corrected chi connectivity index (χ0v) is 50.1. The van der Waals surface area contributed by atoms with Crippen LogP contribution in [0.2, 0.25) is 0 Å². The topological polar surface area (TPSA) is 194 Å². The third kappa shape index (κ3) is 25.7. The molecule has 5 aromatic rings. The number of ether oxygens (including phenoxy) is 4. The number of rotatable bonds is 36. The number of anilines is 2. The van der Waals surface area contributed by atoms with Gasteiger partial charge in [0.2, 0.25) is 0 Å². The molecule has 14 nitrogen and oxygen atoms in total. The van der Waals surface area contributed by atoms with E-state index in [1.54, 1.807) is 48.5 Å². The molecule has 4 N–H and O–H groups in total. The third-order valence-electron chi connectivity index (χ3n) is 12.7. The number of nitrogens with zero attached hydrogens (tertiary/aromatic N) is 2. The number of aryl methyl sites for hydroxylation is 2. The predicted octanol–water partition coefficient (Wildman–Crippen LogP) is 15.6. The third-order valence-corrected chi connectivity index (χ3v) is 12.7. The summed E-state index contributed by atoms with van der Waals surface area (Å²) in [6.07, 6.45) is 27.2. The molecular formula is C62H82N4O10U. The number of aliphatic imine (C=N–C) groups is 2. The molecule has 0 aromatic heterocycles. The van der Waals surface area contributed by atoms with Gasteiger partial charge in [-0.25, -0.2) is 0 Å². The number of unbranched alkanes of at least 4 members (excludes halogenated alkanes) is 18. The van der Waals surface area contributed by atoms with Gasteiger partial charge in [0.05, 0.1) is 24.6 Å². The number of phenolic OH excluding ortho intramolecular Hbond substituents is 2. The van der Waals surface area contributed by atoms with Gasteiger partial charge in [0.25, 0.3) is 11.8 Å². The van der Waals surface area contributed by atoms with Gasteiger partial charge in [0.1, 0.15) is 0 Å². The fourth-order valence-corrected chi connectivity index (χ4v) is 8.27. The van der Waals surface area contributed by atoms with Crippen LogP contribution in [-0.2, 0) is 14.1 Å². The van der Waals surface area contributed by atoms with Crippen molar-refractivity contribution in [2.45, 2.75) is 156 Å². The van der Waals surface area contributed by atoms with Gasteiger partial charge in [-0.15, -0.1) is 0 Å². The van der Waals surface area contributed by atoms with Crippen LogP contribution >= 0.6 is 0 Å². The van der Waals surface area contributed by atoms with E-state index in [9.17, 15) is 19.8 Å². The molecule has 5 aromatic carbocycles. The molecule has 5 rings (SSSR count). The molecule has 0 aliphatic heterocycles. The second kappa shape index (κ2) is 38.4. The first-order valence-electron chi connectivity index (χ1n) is 27.7. The molecule has 0 radical (unpaired) electrons. The summed E-state index contributed by atoms with van der Waals surface area (Å²) in [4.78, 5) is 35.2. The summed E-state index contributed by atoms with van der Waals surface area (Å²) in [5, 5.41) is 28.3. The zero-order valence-electron chi connectivity index (χ0n) is 45.9. The number of hydrogen-bond donors (Lipinski definition) is 4. The average molecular weight is 1280 g/mol. The molecule has 0 spiro atoms. The molecule has 2 amide bonds. The van der Waals surface area contributed by atoms with E-state index in [2.05, 4.69) is 24.5 Å². The van der Waals surface area contributed by atoms with Crippen LogP contribution in [0.25, 0.3) is 0 Å². The van der Waals surface area contributed by atoms with Crippen molar-refractivity contribution in [2.75, 3.05) is 37.1 Å². The second-order valence-electron chi connectivity index (χ2n) is 19.2. The van der Waals surface area contributed by atoms with Gasteiger partial charge in [-0.05, 0) is 75.2 Å². The Morgan fingerprint density at radius 1 is 0.468 bits per heavy atom. The molecule has 0 atom stereocenters. The molecule has 77 heavy (non-hydrogen) atoms. The standard InChI is InChI=1S/C62H82N4O8.2O.U/c1-5-7-9-11-13-15-17-19-21-23-39-71-57-41-53(63-43-49-27-25-29-55(61(49)69)73-45-59(67)65-51-35-31-47(3)32-36-51)54(42-58(57)72-40-24-22-20-18-16-14-12-10-8-6-2)64-44-50-28-26-30-56(62(50)70)74-46-60(68)66-52-37-33-48(4)34-38-52;;;/h25-38,41-44,69-70H,5-24,39-40,45-46H2,1-4H3,(H,65,67)(H,66,68);;;. The van der Waals surface area contributed by atoms with Crippen LogP contribution < -0.4 is 29.6 Å². The normalized spacial score (nSPS) is 11.0. The van der Waals surface area contributed by atoms with E-state index in [1.165, 1.54) is 102 Å². The van der Waals surface area contributed by atoms with Gasteiger partial charge >= 0.3 is 32.3 Å². The Labute approximate surface area is 472 Å². The van der Waals surface area contributed by atoms with E-state index < -0.39 is 27.8 Å². The van der Waals surface area contributed by atoms with Crippen molar-refractivity contribution in [3.05, 3.63) is 119 Å². The molecule has 15 heteroatoms. The van der Waals surface area contributed by atoms with Crippen molar-refractivity contribution >= 4 is 47.0 Å². The summed E-state index contributed by atoms with van der Waals surface area (Å²) in [7, 11) is 0. The van der Waals surface area contributed by atoms with Crippen LogP contribution in [0.3, 0.4) is 0 Å². The number of carbonyl (C=O) groups is 2. The molecule has 0 aliphatic carbocycles. The van der Waals surface area contributed by atoms with Gasteiger partial charge in [0.15, 0.2) is 47.7 Å². The number of carbonyl (C=O) groups excluding carboxylic acids is 2. The van der Waals surface area contributed by atoms with Gasteiger partial charge in [0, 0.05) is 47.1 Å². The van der Waals surface area contributed by atoms with Crippen molar-refractivity contribution in [2.24, 2.45) is 9.98 Å². The first kappa shape index (κ1) is 63.4. The van der Waals surface area contributed by atoms with Crippen molar-refractivity contribution in [3.8, 4) is 34.5 Å². The molecule has 414 valence electrons. The Kier molecular flexibility index (Phi) is 31.6. The SMILES string of the molecule is CCCCCCCCCCCCOc1cc(N=Cc2cccc(OCC(=O)Nc3ccc(C)cc3)c2O)c(N=Cc2cccc(OCC(=O)Nc3ccc(C)cc3)c2O)cc1OCCCCCCCCCCCC.[O]=[U]=[O]. The fraction of sp³-hybridized carbons (Fsp3) is 0.452. The van der Waals surface area contributed by atoms with Crippen LogP contribution in [0.5, 0.6) is 34.5 Å². The Morgan fingerprint density at radius 3 is 1.13 bits per heavy atom. The molecule has 0 saturated carbocycles. The number of benzene rings is 5. The molecule has 0 unspecified atom stereocenters. The van der Waals surface area contributed by atoms with Gasteiger partial charge < -0.3 is 39.8 Å². The van der Waals surface area contributed by atoms with Crippen LogP contribution in [0.1, 0.15) is 165 Å². The van der Waals surface area contributed by atoms with Crippen molar-refractivity contribution < 1.29 is 71.0 Å². The van der Waals surface area contributed by atoms with Crippen LogP contribution in [-0.4, -0.2) is 60.9 Å². The quantitative estimate of drug-likeness (QED) is 0.0221. The maximum absolute atomic E-state index is 12.8. The summed E-state index contributed by atoms with van der Waals surface area (Å²) in [6, 6.07) is 28.5. The van der Waals surface area contributed by atoms with E-state index >= 15 is 0 Å². The van der Waals surface area contributed by atoms with Crippen LogP contribution in [0.4, 0.5) is 22.7 Å². The summed E-state index contributed by atoms with van der Waals surface area (Å²) >= 11 is -2.51. The fourth-order valence-electron chi connectivity index (χ4n) is 8.27. The molecule has 0 saturated heterocycles. The van der Waals surface area contributed by atoms with Gasteiger partial charge in [-0.3, -0.25) is 19.6 Å². The maximum atomic E-state index is 12.8. The summed E-state index contributed by atoms with van der Waals surface area (Å²) in [5.41, 5.74) is 4.95. The zero-order chi connectivity index (χ0) is 55.3. The number of amides is 2. The Hall–Kier alpha value is -6.17. The summed E-state index contributed by atoms with van der Waals surface area (Å²) in [5.74, 6) is 0.176. The van der Waals surface area contributed by atoms with E-state index in [1.807, 2.05) is 62.4 Å². The number of phenols is 2. The van der Waals surface area contributed by atoms with Crippen molar-refractivity contribution in [3.63, 3.8) is 0 Å². The van der Waals surface area contributed by atoms with Gasteiger partial charge in [-0.1, -0.05) is 177 Å². The molecule has 0 heterocycles. The minimum atomic E-state index is -2.51. The first-order valence-corrected chi connectivity index (χ1v) is 31.1. The Balaban J connectivity index is 0.00000416. The predicted molar refractivity (Wildman–Crippen MR) is 304 cm³/mol. The van der Waals surface area contributed by atoms with E-state index in [-0.39, 0.29) is 48.0 Å². The van der Waals surface area contributed by atoms with Crippen LogP contribution in [0.15, 0.2) is 107 Å². The molecule has 0 fully saturated rings. The number of para-hydroxylation sites is 2. The number of aromatic hydroxyl groups is 2. The minimum absolute atomic E-state index is 0.118. The Morgan fingerprint density at radius 2 is 0.792 bits per heavy atom. The molecule has 0 bridgehead atoms. The van der Waals surface area contributed by atoms with E-state index in [0.29, 0.717) is 58.6 Å². The number of nitrogens with one attached hydrogen (secondary N) is 2. The first-order chi connectivity index (χ1) is 37.5. The Bertz CT molecular complexity index is 2430. The van der Waals surface area contributed by atoms with Crippen LogP contribution in [0, 0.1) is 41.7 Å². The monoisotopic (exact) mass is 1280 g/mol. The van der Waals surface area contributed by atoms with Crippen molar-refractivity contribution in [1.29, 1.82) is 0 Å². The summed E-state index contributed by atoms with van der Waals surface area (Å²) in [6.45, 7) is 8.80. The number of hydrogen-bond acceptors (Lipinski definition) is 12. The molecular weight excluding hydrogens is 1200 g/mol. The second-order valence-corrected chi connectivity index (χ2v) is 19.9.